The minimum absolute atomic E-state index is 0.0393. The first-order valence-electron chi connectivity index (χ1n) is 13.5. The number of methoxy groups -OCH3 is 1. The number of rotatable bonds is 9. The second-order valence-corrected chi connectivity index (χ2v) is 13.3. The lowest BCUT2D eigenvalue weighted by Crippen LogP contribution is -2.56. The molecule has 4 rings (SSSR count). The van der Waals surface area contributed by atoms with Gasteiger partial charge in [0, 0.05) is 23.0 Å². The second-order valence-electron chi connectivity index (χ2n) is 12.3. The van der Waals surface area contributed by atoms with Crippen LogP contribution in [0.25, 0.3) is 0 Å². The van der Waals surface area contributed by atoms with E-state index >= 15 is 0 Å². The molecule has 3 aliphatic rings. The van der Waals surface area contributed by atoms with Crippen LogP contribution < -0.4 is 5.32 Å². The van der Waals surface area contributed by atoms with E-state index in [9.17, 15) is 14.4 Å². The van der Waals surface area contributed by atoms with Crippen molar-refractivity contribution in [2.45, 2.75) is 95.2 Å². The Morgan fingerprint density at radius 2 is 1.85 bits per heavy atom. The largest absolute Gasteiger partial charge is 0.443 e. The summed E-state index contributed by atoms with van der Waals surface area (Å²) in [6.07, 6.45) is 2.65. The molecule has 0 bridgehead atoms. The maximum atomic E-state index is 12.7. The van der Waals surface area contributed by atoms with Crippen LogP contribution in [-0.2, 0) is 23.7 Å². The van der Waals surface area contributed by atoms with Crippen molar-refractivity contribution >= 4 is 29.5 Å². The number of Topliss-reactive ketones (excluding diaryl/α,β-unsaturated/α-hetero) is 1. The Bertz CT molecular complexity index is 1120. The zero-order chi connectivity index (χ0) is 28.6. The number of hydrogen-bond donors (Lipinski definition) is 1. The smallest absolute Gasteiger partial charge is 0.414 e. The first-order valence-corrected chi connectivity index (χ1v) is 14.5. The van der Waals surface area contributed by atoms with Crippen molar-refractivity contribution in [1.82, 2.24) is 5.32 Å². The molecule has 9 heteroatoms. The molecule has 2 amide bonds. The van der Waals surface area contributed by atoms with E-state index in [0.29, 0.717) is 18.6 Å². The van der Waals surface area contributed by atoms with E-state index in [0.717, 1.165) is 17.7 Å². The highest BCUT2D eigenvalue weighted by molar-refractivity contribution is 8.00. The Balaban J connectivity index is 1.30. The highest BCUT2D eigenvalue weighted by atomic mass is 32.2. The zero-order valence-electron chi connectivity index (χ0n) is 24.0. The van der Waals surface area contributed by atoms with E-state index in [-0.39, 0.29) is 29.2 Å². The van der Waals surface area contributed by atoms with E-state index in [2.05, 4.69) is 32.2 Å². The summed E-state index contributed by atoms with van der Waals surface area (Å²) >= 11 is 1.28. The van der Waals surface area contributed by atoms with Crippen LogP contribution in [0.2, 0.25) is 0 Å². The third-order valence-electron chi connectivity index (χ3n) is 7.90. The molecule has 1 unspecified atom stereocenters. The monoisotopic (exact) mass is 559 g/mol. The van der Waals surface area contributed by atoms with Gasteiger partial charge < -0.3 is 18.9 Å². The van der Waals surface area contributed by atoms with Crippen LogP contribution in [0.5, 0.6) is 0 Å². The van der Waals surface area contributed by atoms with Crippen molar-refractivity contribution in [3.63, 3.8) is 0 Å². The number of epoxide rings is 2. The average Bonchev–Trinajstić information content (AvgIpc) is 3.78. The van der Waals surface area contributed by atoms with Gasteiger partial charge in [0.25, 0.3) is 0 Å². The molecular weight excluding hydrogens is 518 g/mol. The maximum Gasteiger partial charge on any atom is 0.414 e. The highest BCUT2D eigenvalue weighted by Crippen LogP contribution is 2.59. The number of benzene rings is 1. The summed E-state index contributed by atoms with van der Waals surface area (Å²) in [5, 5.41) is 2.34. The van der Waals surface area contributed by atoms with Crippen LogP contribution in [0.4, 0.5) is 4.79 Å². The summed E-state index contributed by atoms with van der Waals surface area (Å²) < 4.78 is 23.8. The summed E-state index contributed by atoms with van der Waals surface area (Å²) in [6.45, 7) is 12.5. The Labute approximate surface area is 235 Å². The Morgan fingerprint density at radius 1 is 1.18 bits per heavy atom. The molecule has 2 heterocycles. The lowest BCUT2D eigenvalue weighted by atomic mass is 9.68. The third kappa shape index (κ3) is 6.76. The zero-order valence-corrected chi connectivity index (χ0v) is 24.8. The van der Waals surface area contributed by atoms with Gasteiger partial charge in [-0.05, 0) is 52.2 Å². The van der Waals surface area contributed by atoms with Gasteiger partial charge in [0.15, 0.2) is 5.78 Å². The van der Waals surface area contributed by atoms with Crippen LogP contribution in [-0.4, -0.2) is 66.8 Å². The van der Waals surface area contributed by atoms with E-state index in [1.807, 2.05) is 32.9 Å². The number of ether oxygens (including phenoxy) is 4. The fourth-order valence-electron chi connectivity index (χ4n) is 5.67. The average molecular weight is 560 g/mol. The Morgan fingerprint density at radius 3 is 2.41 bits per heavy atom. The lowest BCUT2D eigenvalue weighted by molar-refractivity contribution is -0.124. The lowest BCUT2D eigenvalue weighted by Gasteiger charge is -2.42. The molecule has 6 atom stereocenters. The third-order valence-corrected chi connectivity index (χ3v) is 8.92. The number of thioether (sulfide) groups is 1. The number of allylic oxidation sites excluding steroid dienone is 1. The van der Waals surface area contributed by atoms with Crippen molar-refractivity contribution in [2.75, 3.05) is 19.5 Å². The van der Waals surface area contributed by atoms with E-state index in [4.69, 9.17) is 18.9 Å². The molecule has 1 aromatic carbocycles. The van der Waals surface area contributed by atoms with Gasteiger partial charge in [0.2, 0.25) is 5.91 Å². The van der Waals surface area contributed by atoms with Crippen molar-refractivity contribution in [3.8, 4) is 0 Å². The summed E-state index contributed by atoms with van der Waals surface area (Å²) in [7, 11) is 1.62. The number of hydrogen-bond acceptors (Lipinski definition) is 8. The number of amides is 2. The van der Waals surface area contributed by atoms with Crippen LogP contribution in [0.1, 0.15) is 71.2 Å². The fourth-order valence-corrected chi connectivity index (χ4v) is 6.37. The summed E-state index contributed by atoms with van der Waals surface area (Å²) in [6, 6.07) is 7.14. The molecule has 1 N–H and O–H groups in total. The van der Waals surface area contributed by atoms with Gasteiger partial charge in [-0.1, -0.05) is 44.6 Å². The fraction of sp³-hybridized carbons (Fsp3) is 0.633. The highest BCUT2D eigenvalue weighted by Gasteiger charge is 2.72. The van der Waals surface area contributed by atoms with Gasteiger partial charge in [-0.3, -0.25) is 14.9 Å². The van der Waals surface area contributed by atoms with Crippen LogP contribution in [0.3, 0.4) is 0 Å². The molecule has 2 aliphatic heterocycles. The SMILES string of the molecule is CO[C@H]1[C@H](C2(C)O[C@@H]2CC=C(C)C)[C@]2(CC[C@H]1OC(=O)NC(=O)CSc1ccc(C(=O)C(C)(C)C)cc1)CO2. The van der Waals surface area contributed by atoms with Crippen LogP contribution >= 0.6 is 11.8 Å². The molecule has 3 fully saturated rings. The topological polar surface area (TPSA) is 107 Å². The van der Waals surface area contributed by atoms with Gasteiger partial charge in [0.05, 0.1) is 24.4 Å². The number of carbonyl (C=O) groups is 3. The van der Waals surface area contributed by atoms with Crippen molar-refractivity contribution in [3.05, 3.63) is 41.5 Å². The number of carbonyl (C=O) groups excluding carboxylic acids is 3. The number of alkyl carbamates (subject to hydrolysis) is 1. The van der Waals surface area contributed by atoms with Gasteiger partial charge >= 0.3 is 6.09 Å². The molecular formula is C30H41NO7S. The molecule has 0 radical (unpaired) electrons. The van der Waals surface area contributed by atoms with Crippen molar-refractivity contribution < 1.29 is 33.3 Å². The first-order chi connectivity index (χ1) is 18.3. The Hall–Kier alpha value is -2.20. The van der Waals surface area contributed by atoms with Gasteiger partial charge in [-0.25, -0.2) is 4.79 Å². The van der Waals surface area contributed by atoms with Crippen LogP contribution in [0, 0.1) is 11.3 Å². The van der Waals surface area contributed by atoms with E-state index < -0.39 is 35.2 Å². The molecule has 39 heavy (non-hydrogen) atoms. The molecule has 214 valence electrons. The van der Waals surface area contributed by atoms with Crippen LogP contribution in [0.15, 0.2) is 40.8 Å². The molecule has 8 nitrogen and oxygen atoms in total. The molecule has 0 aromatic heterocycles. The molecule has 1 aromatic rings. The summed E-state index contributed by atoms with van der Waals surface area (Å²) in [5.74, 6) is -0.444. The first kappa shape index (κ1) is 29.8. The van der Waals surface area contributed by atoms with Gasteiger partial charge in [0.1, 0.15) is 23.4 Å². The summed E-state index contributed by atoms with van der Waals surface area (Å²) in [5.41, 5.74) is 0.667. The second kappa shape index (κ2) is 11.4. The van der Waals surface area contributed by atoms with Gasteiger partial charge in [-0.15, -0.1) is 11.8 Å². The predicted octanol–water partition coefficient (Wildman–Crippen LogP) is 5.34. The van der Waals surface area contributed by atoms with E-state index in [1.165, 1.54) is 17.3 Å². The molecule has 2 saturated heterocycles. The van der Waals surface area contributed by atoms with Crippen molar-refractivity contribution in [1.29, 1.82) is 0 Å². The molecule has 1 aliphatic carbocycles. The van der Waals surface area contributed by atoms with E-state index in [1.54, 1.807) is 19.2 Å². The normalized spacial score (nSPS) is 31.4. The molecule has 1 spiro atoms. The minimum Gasteiger partial charge on any atom is -0.443 e. The Kier molecular flexibility index (Phi) is 8.67. The number of nitrogens with one attached hydrogen (secondary N) is 1. The van der Waals surface area contributed by atoms with Gasteiger partial charge in [-0.2, -0.15) is 0 Å². The molecule has 1 saturated carbocycles. The number of ketones is 1. The minimum atomic E-state index is -0.784. The maximum absolute atomic E-state index is 12.7. The van der Waals surface area contributed by atoms with Crippen molar-refractivity contribution in [2.24, 2.45) is 11.3 Å². The quantitative estimate of drug-likeness (QED) is 0.187. The number of imide groups is 1. The standard InChI is InChI=1S/C30H41NO7S/c1-18(2)8-13-22-29(6,38-22)25-24(35-7)21(14-15-30(25)17-36-30)37-27(34)31-23(32)16-39-20-11-9-19(10-12-20)26(33)28(3,4)5/h8-12,21-22,24-25H,13-17H2,1-7H3,(H,31,32,34)/t21-,22-,24-,25-,29?,30+/m1/s1. The summed E-state index contributed by atoms with van der Waals surface area (Å²) in [4.78, 5) is 38.4. The predicted molar refractivity (Wildman–Crippen MR) is 149 cm³/mol.